The normalized spacial score (nSPS) is 11.5. The minimum atomic E-state index is -4.14. The van der Waals surface area contributed by atoms with Crippen LogP contribution in [0.3, 0.4) is 0 Å². The molecule has 33 heavy (non-hydrogen) atoms. The van der Waals surface area contributed by atoms with E-state index in [2.05, 4.69) is 0 Å². The molecule has 4 rings (SSSR count). The lowest BCUT2D eigenvalue weighted by Gasteiger charge is -2.17. The first-order valence-corrected chi connectivity index (χ1v) is 11.6. The van der Waals surface area contributed by atoms with Crippen molar-refractivity contribution in [1.82, 2.24) is 4.57 Å². The summed E-state index contributed by atoms with van der Waals surface area (Å²) >= 11 is 0. The van der Waals surface area contributed by atoms with Crippen molar-refractivity contribution in [2.24, 2.45) is 0 Å². The van der Waals surface area contributed by atoms with Crippen LogP contribution in [0, 0.1) is 12.7 Å². The maximum absolute atomic E-state index is 14.4. The van der Waals surface area contributed by atoms with Crippen LogP contribution in [0.1, 0.15) is 11.1 Å². The van der Waals surface area contributed by atoms with Crippen LogP contribution >= 0.6 is 0 Å². The molecule has 0 aliphatic carbocycles. The molecule has 0 spiro atoms. The summed E-state index contributed by atoms with van der Waals surface area (Å²) in [6, 6.07) is 15.5. The molecule has 0 N–H and O–H groups in total. The number of aromatic nitrogens is 1. The van der Waals surface area contributed by atoms with E-state index in [-0.39, 0.29) is 22.6 Å². The van der Waals surface area contributed by atoms with Gasteiger partial charge >= 0.3 is 0 Å². The van der Waals surface area contributed by atoms with Crippen molar-refractivity contribution in [3.8, 4) is 11.5 Å². The Bertz CT molecular complexity index is 1510. The molecule has 0 saturated heterocycles. The van der Waals surface area contributed by atoms with Crippen LogP contribution in [0.25, 0.3) is 10.9 Å². The maximum atomic E-state index is 14.4. The number of hydrogen-bond acceptors (Lipinski definition) is 5. The van der Waals surface area contributed by atoms with E-state index in [0.717, 1.165) is 5.56 Å². The van der Waals surface area contributed by atoms with E-state index >= 15 is 0 Å². The monoisotopic (exact) mass is 467 g/mol. The van der Waals surface area contributed by atoms with Gasteiger partial charge < -0.3 is 14.0 Å². The van der Waals surface area contributed by atoms with Crippen molar-refractivity contribution in [2.45, 2.75) is 23.3 Å². The Balaban J connectivity index is 2.04. The van der Waals surface area contributed by atoms with Gasteiger partial charge in [-0.3, -0.25) is 4.79 Å². The van der Waals surface area contributed by atoms with Gasteiger partial charge in [-0.05, 0) is 31.2 Å². The summed E-state index contributed by atoms with van der Waals surface area (Å²) in [4.78, 5) is 13.0. The Morgan fingerprint density at radius 1 is 0.939 bits per heavy atom. The molecular formula is C25H22FNO5S. The smallest absolute Gasteiger partial charge is 0.211 e. The van der Waals surface area contributed by atoms with Gasteiger partial charge in [0.05, 0.1) is 36.6 Å². The first kappa shape index (κ1) is 22.5. The summed E-state index contributed by atoms with van der Waals surface area (Å²) in [5.41, 5.74) is 0.956. The van der Waals surface area contributed by atoms with E-state index in [0.29, 0.717) is 16.8 Å². The highest BCUT2D eigenvalue weighted by Gasteiger charge is 2.25. The summed E-state index contributed by atoms with van der Waals surface area (Å²) in [6.07, 6.45) is 1.26. The second kappa shape index (κ2) is 8.71. The third-order valence-electron chi connectivity index (χ3n) is 5.47. The van der Waals surface area contributed by atoms with Crippen molar-refractivity contribution in [2.75, 3.05) is 14.2 Å². The zero-order valence-corrected chi connectivity index (χ0v) is 19.1. The molecule has 0 radical (unpaired) electrons. The Labute approximate surface area is 190 Å². The Kier molecular flexibility index (Phi) is 5.95. The van der Waals surface area contributed by atoms with Gasteiger partial charge in [-0.1, -0.05) is 35.9 Å². The number of ether oxygens (including phenoxy) is 2. The molecule has 0 atom stereocenters. The molecule has 8 heteroatoms. The first-order valence-electron chi connectivity index (χ1n) is 10.1. The lowest BCUT2D eigenvalue weighted by molar-refractivity contribution is 0.355. The molecule has 0 amide bonds. The number of fused-ring (bicyclic) bond motifs is 1. The van der Waals surface area contributed by atoms with E-state index in [1.54, 1.807) is 36.4 Å². The molecule has 1 heterocycles. The average molecular weight is 468 g/mol. The fraction of sp³-hybridized carbons (Fsp3) is 0.160. The molecule has 4 aromatic rings. The SMILES string of the molecule is COc1cc2c(=O)c(S(=O)(=O)c3ccc(C)cc3)cn(Cc3ccccc3F)c2cc1OC. The molecule has 0 saturated carbocycles. The highest BCUT2D eigenvalue weighted by Crippen LogP contribution is 2.32. The number of halogens is 1. The number of benzene rings is 3. The number of sulfone groups is 1. The predicted molar refractivity (Wildman–Crippen MR) is 123 cm³/mol. The maximum Gasteiger partial charge on any atom is 0.211 e. The van der Waals surface area contributed by atoms with Crippen molar-refractivity contribution in [3.63, 3.8) is 0 Å². The molecule has 3 aromatic carbocycles. The fourth-order valence-electron chi connectivity index (χ4n) is 3.67. The van der Waals surface area contributed by atoms with Gasteiger partial charge in [-0.15, -0.1) is 0 Å². The van der Waals surface area contributed by atoms with Gasteiger partial charge in [0.2, 0.25) is 15.3 Å². The Morgan fingerprint density at radius 3 is 2.21 bits per heavy atom. The van der Waals surface area contributed by atoms with Crippen LogP contribution in [0.15, 0.2) is 81.4 Å². The minimum Gasteiger partial charge on any atom is -0.493 e. The van der Waals surface area contributed by atoms with E-state index in [4.69, 9.17) is 9.47 Å². The van der Waals surface area contributed by atoms with Crippen LogP contribution in [-0.4, -0.2) is 27.2 Å². The highest BCUT2D eigenvalue weighted by atomic mass is 32.2. The van der Waals surface area contributed by atoms with Crippen molar-refractivity contribution >= 4 is 20.7 Å². The summed E-state index contributed by atoms with van der Waals surface area (Å²) in [5, 5.41) is 0.122. The van der Waals surface area contributed by atoms with Crippen molar-refractivity contribution in [1.29, 1.82) is 0 Å². The van der Waals surface area contributed by atoms with Gasteiger partial charge in [0, 0.05) is 17.8 Å². The largest absolute Gasteiger partial charge is 0.493 e. The van der Waals surface area contributed by atoms with Crippen LogP contribution in [0.4, 0.5) is 4.39 Å². The standard InChI is InChI=1S/C25H22FNO5S/c1-16-8-10-18(11-9-16)33(29,30)24-15-27(14-17-6-4-5-7-20(17)26)21-13-23(32-3)22(31-2)12-19(21)25(24)28/h4-13,15H,14H2,1-3H3. The molecular weight excluding hydrogens is 445 g/mol. The fourth-order valence-corrected chi connectivity index (χ4v) is 5.04. The second-order valence-corrected chi connectivity index (χ2v) is 9.50. The molecule has 0 aliphatic heterocycles. The van der Waals surface area contributed by atoms with Gasteiger partial charge in [0.15, 0.2) is 11.5 Å². The van der Waals surface area contributed by atoms with Crippen LogP contribution in [0.2, 0.25) is 0 Å². The van der Waals surface area contributed by atoms with Gasteiger partial charge in [-0.2, -0.15) is 0 Å². The quantitative estimate of drug-likeness (QED) is 0.422. The number of nitrogens with zero attached hydrogens (tertiary/aromatic N) is 1. The lowest BCUT2D eigenvalue weighted by Crippen LogP contribution is -2.20. The third-order valence-corrected chi connectivity index (χ3v) is 7.23. The number of methoxy groups -OCH3 is 2. The third kappa shape index (κ3) is 4.09. The lowest BCUT2D eigenvalue weighted by atomic mass is 10.1. The second-order valence-electron chi connectivity index (χ2n) is 7.58. The summed E-state index contributed by atoms with van der Waals surface area (Å²) < 4.78 is 53.5. The number of pyridine rings is 1. The molecule has 6 nitrogen and oxygen atoms in total. The van der Waals surface area contributed by atoms with Gasteiger partial charge in [0.1, 0.15) is 10.7 Å². The van der Waals surface area contributed by atoms with Crippen LogP contribution < -0.4 is 14.9 Å². The van der Waals surface area contributed by atoms with E-state index in [1.165, 1.54) is 49.2 Å². The van der Waals surface area contributed by atoms with E-state index in [9.17, 15) is 17.6 Å². The molecule has 170 valence electrons. The van der Waals surface area contributed by atoms with Crippen molar-refractivity contribution in [3.05, 3.63) is 94.0 Å². The molecule has 0 aliphatic rings. The Morgan fingerprint density at radius 2 is 1.58 bits per heavy atom. The van der Waals surface area contributed by atoms with Gasteiger partial charge in [0.25, 0.3) is 0 Å². The number of aryl methyl sites for hydroxylation is 1. The zero-order valence-electron chi connectivity index (χ0n) is 18.3. The van der Waals surface area contributed by atoms with Crippen LogP contribution in [-0.2, 0) is 16.4 Å². The first-order chi connectivity index (χ1) is 15.8. The van der Waals surface area contributed by atoms with E-state index < -0.39 is 26.0 Å². The molecule has 1 aromatic heterocycles. The zero-order chi connectivity index (χ0) is 23.8. The number of hydrogen-bond donors (Lipinski definition) is 0. The summed E-state index contributed by atoms with van der Waals surface area (Å²) in [5.74, 6) is 0.206. The van der Waals surface area contributed by atoms with E-state index in [1.807, 2.05) is 6.92 Å². The topological polar surface area (TPSA) is 74.6 Å². The molecule has 0 bridgehead atoms. The minimum absolute atomic E-state index is 0.00229. The molecule has 0 unspecified atom stereocenters. The van der Waals surface area contributed by atoms with Crippen molar-refractivity contribution < 1.29 is 22.3 Å². The summed E-state index contributed by atoms with van der Waals surface area (Å²) in [7, 11) is -1.25. The Hall–Kier alpha value is -3.65. The highest BCUT2D eigenvalue weighted by molar-refractivity contribution is 7.91. The molecule has 0 fully saturated rings. The average Bonchev–Trinajstić information content (AvgIpc) is 2.81. The summed E-state index contributed by atoms with van der Waals surface area (Å²) in [6.45, 7) is 1.85. The predicted octanol–water partition coefficient (Wildman–Crippen LogP) is 4.35. The van der Waals surface area contributed by atoms with Gasteiger partial charge in [-0.25, -0.2) is 12.8 Å². The number of rotatable bonds is 6. The van der Waals surface area contributed by atoms with Crippen LogP contribution in [0.5, 0.6) is 11.5 Å².